The van der Waals surface area contributed by atoms with Crippen LogP contribution in [0.15, 0.2) is 6.20 Å². The molecule has 7 heteroatoms. The van der Waals surface area contributed by atoms with Crippen molar-refractivity contribution in [1.82, 2.24) is 25.2 Å². The second-order valence-corrected chi connectivity index (χ2v) is 8.09. The van der Waals surface area contributed by atoms with Gasteiger partial charge in [0.05, 0.1) is 18.7 Å². The molecule has 0 aliphatic carbocycles. The molecule has 1 aromatic rings. The van der Waals surface area contributed by atoms with Gasteiger partial charge in [-0.05, 0) is 53.0 Å². The van der Waals surface area contributed by atoms with Crippen molar-refractivity contribution in [2.45, 2.75) is 64.8 Å². The van der Waals surface area contributed by atoms with E-state index in [2.05, 4.69) is 20.5 Å². The van der Waals surface area contributed by atoms with E-state index in [1.165, 1.54) is 0 Å². The van der Waals surface area contributed by atoms with Gasteiger partial charge in [0, 0.05) is 18.6 Å². The maximum atomic E-state index is 12.4. The van der Waals surface area contributed by atoms with Crippen molar-refractivity contribution in [2.24, 2.45) is 11.8 Å². The molecule has 3 fully saturated rings. The molecule has 7 nitrogen and oxygen atoms in total. The second-order valence-electron chi connectivity index (χ2n) is 8.09. The number of carbonyl (C=O) groups is 1. The Morgan fingerprint density at radius 1 is 1.50 bits per heavy atom. The first-order chi connectivity index (χ1) is 11.2. The first-order valence-corrected chi connectivity index (χ1v) is 8.91. The second kappa shape index (κ2) is 6.44. The molecule has 1 unspecified atom stereocenters. The fourth-order valence-electron chi connectivity index (χ4n) is 3.90. The Balaban J connectivity index is 1.62. The van der Waals surface area contributed by atoms with Gasteiger partial charge in [-0.2, -0.15) is 0 Å². The Morgan fingerprint density at radius 2 is 2.25 bits per heavy atom. The van der Waals surface area contributed by atoms with Crippen LogP contribution in [0.1, 0.15) is 46.2 Å². The van der Waals surface area contributed by atoms with E-state index in [1.54, 1.807) is 13.8 Å². The van der Waals surface area contributed by atoms with Crippen molar-refractivity contribution in [3.05, 3.63) is 11.9 Å². The fourth-order valence-corrected chi connectivity index (χ4v) is 3.90. The van der Waals surface area contributed by atoms with Gasteiger partial charge in [-0.3, -0.25) is 14.4 Å². The Bertz CT molecular complexity index is 592. The van der Waals surface area contributed by atoms with Crippen molar-refractivity contribution >= 4 is 5.91 Å². The molecule has 1 aromatic heterocycles. The molecule has 24 heavy (non-hydrogen) atoms. The average molecular weight is 335 g/mol. The molecule has 134 valence electrons. The Labute approximate surface area is 143 Å². The summed E-state index contributed by atoms with van der Waals surface area (Å²) in [6, 6.07) is 0.586. The monoisotopic (exact) mass is 335 g/mol. The zero-order valence-electron chi connectivity index (χ0n) is 15.1. The van der Waals surface area contributed by atoms with E-state index < -0.39 is 5.60 Å². The number of aliphatic hydroxyl groups is 1. The summed E-state index contributed by atoms with van der Waals surface area (Å²) in [5.74, 6) is 0.763. The van der Waals surface area contributed by atoms with Gasteiger partial charge in [0.25, 0.3) is 0 Å². The predicted molar refractivity (Wildman–Crippen MR) is 90.1 cm³/mol. The fraction of sp³-hybridized carbons (Fsp3) is 0.824. The lowest BCUT2D eigenvalue weighted by Crippen LogP contribution is -2.58. The van der Waals surface area contributed by atoms with Gasteiger partial charge < -0.3 is 10.4 Å². The number of carbonyl (C=O) groups excluding carboxylic acids is 1. The Kier molecular flexibility index (Phi) is 4.66. The highest BCUT2D eigenvalue weighted by Gasteiger charge is 2.43. The Hall–Kier alpha value is -1.47. The highest BCUT2D eigenvalue weighted by atomic mass is 16.3. The van der Waals surface area contributed by atoms with Crippen LogP contribution < -0.4 is 5.32 Å². The van der Waals surface area contributed by atoms with Gasteiger partial charge >= 0.3 is 0 Å². The van der Waals surface area contributed by atoms with Crippen LogP contribution in [-0.4, -0.2) is 56.1 Å². The predicted octanol–water partition coefficient (Wildman–Crippen LogP) is 0.740. The molecule has 0 aromatic carbocycles. The summed E-state index contributed by atoms with van der Waals surface area (Å²) in [5, 5.41) is 21.3. The maximum Gasteiger partial charge on any atom is 0.224 e. The van der Waals surface area contributed by atoms with E-state index in [0.29, 0.717) is 17.7 Å². The molecule has 3 aliphatic heterocycles. The zero-order valence-corrected chi connectivity index (χ0v) is 15.1. The topological polar surface area (TPSA) is 83.3 Å². The zero-order chi connectivity index (χ0) is 17.5. The van der Waals surface area contributed by atoms with Crippen molar-refractivity contribution in [3.63, 3.8) is 0 Å². The molecule has 2 bridgehead atoms. The Morgan fingerprint density at radius 3 is 2.79 bits per heavy atom. The van der Waals surface area contributed by atoms with Crippen molar-refractivity contribution in [1.29, 1.82) is 0 Å². The molecule has 0 saturated carbocycles. The third kappa shape index (κ3) is 3.62. The lowest BCUT2D eigenvalue weighted by Gasteiger charge is -2.49. The normalized spacial score (nSPS) is 29.9. The van der Waals surface area contributed by atoms with Crippen LogP contribution in [0.5, 0.6) is 0 Å². The van der Waals surface area contributed by atoms with Crippen LogP contribution in [0.4, 0.5) is 0 Å². The largest absolute Gasteiger partial charge is 0.384 e. The number of amides is 1. The summed E-state index contributed by atoms with van der Waals surface area (Å²) in [4.78, 5) is 14.8. The van der Waals surface area contributed by atoms with Gasteiger partial charge in [-0.1, -0.05) is 5.21 Å². The van der Waals surface area contributed by atoms with Crippen LogP contribution in [-0.2, 0) is 16.9 Å². The molecule has 4 atom stereocenters. The maximum absolute atomic E-state index is 12.4. The summed E-state index contributed by atoms with van der Waals surface area (Å²) < 4.78 is 1.82. The highest BCUT2D eigenvalue weighted by molar-refractivity contribution is 5.79. The third-order valence-electron chi connectivity index (χ3n) is 5.21. The number of rotatable bonds is 5. The van der Waals surface area contributed by atoms with Gasteiger partial charge in [0.2, 0.25) is 5.91 Å². The molecular weight excluding hydrogens is 306 g/mol. The van der Waals surface area contributed by atoms with Crippen LogP contribution in [0.3, 0.4) is 0 Å². The minimum Gasteiger partial charge on any atom is -0.384 e. The number of fused-ring (bicyclic) bond motifs is 3. The van der Waals surface area contributed by atoms with E-state index in [1.807, 2.05) is 24.7 Å². The standard InChI is InChI=1S/C17H29N5O2/c1-11(2)18-16(23)14-9-21-6-5-12(14)7-13(21)8-22-10-15(19-20-22)17(3,4)24/h10-14,24H,5-9H2,1-4H3,(H,18,23)/t12-,13-,14-/m1/s1. The van der Waals surface area contributed by atoms with E-state index in [-0.39, 0.29) is 17.9 Å². The van der Waals surface area contributed by atoms with Gasteiger partial charge in [-0.25, -0.2) is 0 Å². The minimum absolute atomic E-state index is 0.111. The van der Waals surface area contributed by atoms with Crippen molar-refractivity contribution in [3.8, 4) is 0 Å². The van der Waals surface area contributed by atoms with Crippen LogP contribution in [0.2, 0.25) is 0 Å². The molecule has 1 amide bonds. The number of hydrogen-bond acceptors (Lipinski definition) is 5. The molecule has 2 N–H and O–H groups in total. The van der Waals surface area contributed by atoms with E-state index >= 15 is 0 Å². The van der Waals surface area contributed by atoms with Crippen molar-refractivity contribution < 1.29 is 9.90 Å². The quantitative estimate of drug-likeness (QED) is 0.829. The lowest BCUT2D eigenvalue weighted by atomic mass is 9.75. The van der Waals surface area contributed by atoms with E-state index in [9.17, 15) is 9.90 Å². The first kappa shape index (κ1) is 17.4. The summed E-state index contributed by atoms with van der Waals surface area (Å²) in [6.07, 6.45) is 3.94. The molecule has 0 spiro atoms. The number of piperidine rings is 3. The summed E-state index contributed by atoms with van der Waals surface area (Å²) >= 11 is 0. The highest BCUT2D eigenvalue weighted by Crippen LogP contribution is 2.37. The molecule has 4 rings (SSSR count). The van der Waals surface area contributed by atoms with Crippen molar-refractivity contribution in [2.75, 3.05) is 13.1 Å². The average Bonchev–Trinajstić information content (AvgIpc) is 2.96. The van der Waals surface area contributed by atoms with E-state index in [0.717, 1.165) is 32.5 Å². The third-order valence-corrected chi connectivity index (χ3v) is 5.21. The molecule has 0 radical (unpaired) electrons. The van der Waals surface area contributed by atoms with Crippen LogP contribution >= 0.6 is 0 Å². The summed E-state index contributed by atoms with van der Waals surface area (Å²) in [6.45, 7) is 10.1. The van der Waals surface area contributed by atoms with Gasteiger partial charge in [0.1, 0.15) is 11.3 Å². The minimum atomic E-state index is -0.968. The lowest BCUT2D eigenvalue weighted by molar-refractivity contribution is -0.133. The summed E-state index contributed by atoms with van der Waals surface area (Å²) in [5.41, 5.74) is -0.378. The number of nitrogens with one attached hydrogen (secondary N) is 1. The number of aromatic nitrogens is 3. The van der Waals surface area contributed by atoms with Crippen LogP contribution in [0.25, 0.3) is 0 Å². The van der Waals surface area contributed by atoms with Crippen LogP contribution in [0, 0.1) is 11.8 Å². The van der Waals surface area contributed by atoms with Gasteiger partial charge in [0.15, 0.2) is 0 Å². The molecular formula is C17H29N5O2. The number of hydrogen-bond donors (Lipinski definition) is 2. The molecule has 3 saturated heterocycles. The number of nitrogens with zero attached hydrogens (tertiary/aromatic N) is 4. The van der Waals surface area contributed by atoms with Gasteiger partial charge in [-0.15, -0.1) is 5.10 Å². The molecule has 3 aliphatic rings. The SMILES string of the molecule is CC(C)NC(=O)[C@@H]1CN2CC[C@@H]1C[C@@H]2Cn1cc(C(C)(C)O)nn1. The van der Waals surface area contributed by atoms with E-state index in [4.69, 9.17) is 0 Å². The smallest absolute Gasteiger partial charge is 0.224 e. The first-order valence-electron chi connectivity index (χ1n) is 8.91. The summed E-state index contributed by atoms with van der Waals surface area (Å²) in [7, 11) is 0. The molecule has 4 heterocycles.